The number of nitriles is 2. The summed E-state index contributed by atoms with van der Waals surface area (Å²) >= 11 is 0. The van der Waals surface area contributed by atoms with Crippen LogP contribution in [0, 0.1) is 22.7 Å². The fourth-order valence-electron chi connectivity index (χ4n) is 2.75. The summed E-state index contributed by atoms with van der Waals surface area (Å²) in [4.78, 5) is 16.0. The third-order valence-electron chi connectivity index (χ3n) is 3.89. The Bertz CT molecular complexity index is 759. The Morgan fingerprint density at radius 1 is 1.00 bits per heavy atom. The van der Waals surface area contributed by atoms with Crippen LogP contribution in [0.2, 0.25) is 0 Å². The molecular weight excluding hydrogens is 292 g/mol. The van der Waals surface area contributed by atoms with E-state index >= 15 is 0 Å². The predicted octanol–water partition coefficient (Wildman–Crippen LogP) is 1.99. The molecule has 23 heavy (non-hydrogen) atoms. The fraction of sp³-hybridized carbons (Fsp3) is 0.235. The summed E-state index contributed by atoms with van der Waals surface area (Å²) in [5.41, 5.74) is 1.62. The lowest BCUT2D eigenvalue weighted by molar-refractivity contribution is 0.0714. The Kier molecular flexibility index (Phi) is 3.99. The van der Waals surface area contributed by atoms with Crippen LogP contribution in [0.15, 0.2) is 41.0 Å². The molecule has 0 N–H and O–H groups in total. The van der Waals surface area contributed by atoms with Gasteiger partial charge in [-0.05, 0) is 24.3 Å². The number of benzene rings is 1. The maximum atomic E-state index is 12.3. The lowest BCUT2D eigenvalue weighted by Crippen LogP contribution is -2.49. The first-order valence-electron chi connectivity index (χ1n) is 7.25. The van der Waals surface area contributed by atoms with Crippen LogP contribution in [0.1, 0.15) is 21.7 Å². The largest absolute Gasteiger partial charge is 0.459 e. The van der Waals surface area contributed by atoms with Gasteiger partial charge >= 0.3 is 0 Å². The van der Waals surface area contributed by atoms with Gasteiger partial charge in [-0.1, -0.05) is 6.07 Å². The number of amides is 1. The third-order valence-corrected chi connectivity index (χ3v) is 3.89. The van der Waals surface area contributed by atoms with Crippen molar-refractivity contribution in [2.75, 3.05) is 31.1 Å². The molecule has 1 fully saturated rings. The van der Waals surface area contributed by atoms with Crippen LogP contribution in [0.4, 0.5) is 5.69 Å². The van der Waals surface area contributed by atoms with E-state index < -0.39 is 0 Å². The van der Waals surface area contributed by atoms with Gasteiger partial charge in [0.15, 0.2) is 5.76 Å². The van der Waals surface area contributed by atoms with E-state index in [0.29, 0.717) is 48.8 Å². The summed E-state index contributed by atoms with van der Waals surface area (Å²) < 4.78 is 5.14. The van der Waals surface area contributed by atoms with Crippen LogP contribution in [0.3, 0.4) is 0 Å². The first-order chi connectivity index (χ1) is 11.2. The number of para-hydroxylation sites is 1. The Balaban J connectivity index is 1.77. The molecule has 2 aromatic rings. The number of hydrogen-bond donors (Lipinski definition) is 0. The molecule has 0 unspecified atom stereocenters. The van der Waals surface area contributed by atoms with Gasteiger partial charge in [0.05, 0.1) is 23.1 Å². The van der Waals surface area contributed by atoms with Crippen molar-refractivity contribution < 1.29 is 9.21 Å². The number of rotatable bonds is 2. The van der Waals surface area contributed by atoms with E-state index in [0.717, 1.165) is 0 Å². The van der Waals surface area contributed by atoms with Gasteiger partial charge in [0.2, 0.25) is 0 Å². The minimum Gasteiger partial charge on any atom is -0.459 e. The minimum absolute atomic E-state index is 0.135. The summed E-state index contributed by atoms with van der Waals surface area (Å²) in [5.74, 6) is 0.192. The van der Waals surface area contributed by atoms with Gasteiger partial charge in [-0.15, -0.1) is 0 Å². The molecule has 0 bridgehead atoms. The van der Waals surface area contributed by atoms with Gasteiger partial charge in [-0.25, -0.2) is 0 Å². The van der Waals surface area contributed by atoms with Crippen molar-refractivity contribution in [1.82, 2.24) is 4.90 Å². The van der Waals surface area contributed by atoms with Crippen molar-refractivity contribution in [3.05, 3.63) is 53.5 Å². The second-order valence-electron chi connectivity index (χ2n) is 5.18. The number of nitrogens with zero attached hydrogens (tertiary/aromatic N) is 4. The van der Waals surface area contributed by atoms with Crippen LogP contribution < -0.4 is 4.90 Å². The Hall–Kier alpha value is -3.25. The van der Waals surface area contributed by atoms with Crippen LogP contribution in [-0.4, -0.2) is 37.0 Å². The zero-order chi connectivity index (χ0) is 16.2. The Morgan fingerprint density at radius 2 is 1.65 bits per heavy atom. The summed E-state index contributed by atoms with van der Waals surface area (Å²) in [6.07, 6.45) is 1.48. The number of carbonyl (C=O) groups excluding carboxylic acids is 1. The van der Waals surface area contributed by atoms with Crippen LogP contribution >= 0.6 is 0 Å². The summed E-state index contributed by atoms with van der Waals surface area (Å²) in [7, 11) is 0. The topological polar surface area (TPSA) is 84.3 Å². The first-order valence-corrected chi connectivity index (χ1v) is 7.25. The van der Waals surface area contributed by atoms with Crippen LogP contribution in [0.25, 0.3) is 0 Å². The molecule has 1 aromatic heterocycles. The summed E-state index contributed by atoms with van der Waals surface area (Å²) in [6, 6.07) is 12.7. The highest BCUT2D eigenvalue weighted by Crippen LogP contribution is 2.26. The Labute approximate surface area is 133 Å². The van der Waals surface area contributed by atoms with E-state index in [1.165, 1.54) is 6.26 Å². The lowest BCUT2D eigenvalue weighted by atomic mass is 10.1. The van der Waals surface area contributed by atoms with E-state index in [1.807, 2.05) is 4.90 Å². The number of hydrogen-bond acceptors (Lipinski definition) is 5. The van der Waals surface area contributed by atoms with E-state index in [4.69, 9.17) is 4.42 Å². The van der Waals surface area contributed by atoms with Crippen molar-refractivity contribution >= 4 is 11.6 Å². The fourth-order valence-corrected chi connectivity index (χ4v) is 2.75. The van der Waals surface area contributed by atoms with Crippen LogP contribution in [0.5, 0.6) is 0 Å². The molecule has 2 heterocycles. The zero-order valence-electron chi connectivity index (χ0n) is 12.4. The average Bonchev–Trinajstić information content (AvgIpc) is 3.15. The molecule has 0 radical (unpaired) electrons. The second-order valence-corrected chi connectivity index (χ2v) is 5.18. The van der Waals surface area contributed by atoms with Crippen LogP contribution in [-0.2, 0) is 0 Å². The molecule has 1 aliphatic heterocycles. The molecule has 3 rings (SSSR count). The summed E-state index contributed by atoms with van der Waals surface area (Å²) in [5, 5.41) is 18.5. The predicted molar refractivity (Wildman–Crippen MR) is 82.7 cm³/mol. The maximum absolute atomic E-state index is 12.3. The SMILES string of the molecule is N#Cc1cccc(C#N)c1N1CCN(C(=O)c2ccco2)CC1. The van der Waals surface area contributed by atoms with Gasteiger partial charge in [0.25, 0.3) is 5.91 Å². The smallest absolute Gasteiger partial charge is 0.289 e. The van der Waals surface area contributed by atoms with E-state index in [1.54, 1.807) is 35.2 Å². The molecule has 1 aromatic carbocycles. The average molecular weight is 306 g/mol. The van der Waals surface area contributed by atoms with Crippen molar-refractivity contribution in [2.45, 2.75) is 0 Å². The molecule has 0 saturated carbocycles. The van der Waals surface area contributed by atoms with Gasteiger partial charge in [-0.2, -0.15) is 10.5 Å². The molecule has 0 spiro atoms. The van der Waals surface area contributed by atoms with E-state index in [-0.39, 0.29) is 5.91 Å². The van der Waals surface area contributed by atoms with Gasteiger partial charge in [0, 0.05) is 26.2 Å². The number of anilines is 1. The van der Waals surface area contributed by atoms with Crippen molar-refractivity contribution in [1.29, 1.82) is 10.5 Å². The highest BCUT2D eigenvalue weighted by Gasteiger charge is 2.26. The quantitative estimate of drug-likeness (QED) is 0.847. The second kappa shape index (κ2) is 6.25. The number of carbonyl (C=O) groups is 1. The molecule has 1 aliphatic rings. The molecule has 0 aliphatic carbocycles. The van der Waals surface area contributed by atoms with Crippen molar-refractivity contribution in [3.63, 3.8) is 0 Å². The first kappa shape index (κ1) is 14.7. The van der Waals surface area contributed by atoms with Gasteiger partial charge in [-0.3, -0.25) is 4.79 Å². The van der Waals surface area contributed by atoms with Crippen molar-refractivity contribution in [2.24, 2.45) is 0 Å². The van der Waals surface area contributed by atoms with E-state index in [9.17, 15) is 15.3 Å². The highest BCUT2D eigenvalue weighted by molar-refractivity contribution is 5.91. The molecule has 114 valence electrons. The normalized spacial score (nSPS) is 14.2. The molecule has 6 nitrogen and oxygen atoms in total. The molecule has 1 saturated heterocycles. The minimum atomic E-state index is -0.135. The van der Waals surface area contributed by atoms with Gasteiger partial charge in [0.1, 0.15) is 12.1 Å². The molecular formula is C17H14N4O2. The van der Waals surface area contributed by atoms with E-state index in [2.05, 4.69) is 12.1 Å². The van der Waals surface area contributed by atoms with Crippen molar-refractivity contribution in [3.8, 4) is 12.1 Å². The number of piperazine rings is 1. The maximum Gasteiger partial charge on any atom is 0.289 e. The molecule has 1 amide bonds. The zero-order valence-corrected chi connectivity index (χ0v) is 12.4. The van der Waals surface area contributed by atoms with Gasteiger partial charge < -0.3 is 14.2 Å². The third kappa shape index (κ3) is 2.75. The Morgan fingerprint density at radius 3 is 2.17 bits per heavy atom. The molecule has 6 heteroatoms. The summed E-state index contributed by atoms with van der Waals surface area (Å²) in [6.45, 7) is 2.17. The molecule has 0 atom stereocenters. The standard InChI is InChI=1S/C17H14N4O2/c18-11-13-3-1-4-14(12-19)16(13)20-6-8-21(9-7-20)17(22)15-5-2-10-23-15/h1-5,10H,6-9H2. The monoisotopic (exact) mass is 306 g/mol. The highest BCUT2D eigenvalue weighted by atomic mass is 16.3. The number of furan rings is 1. The lowest BCUT2D eigenvalue weighted by Gasteiger charge is -2.36.